The summed E-state index contributed by atoms with van der Waals surface area (Å²) >= 11 is 12.0. The number of halogens is 2. The van der Waals surface area contributed by atoms with Gasteiger partial charge in [0.1, 0.15) is 5.75 Å². The number of amides is 1. The van der Waals surface area contributed by atoms with Crippen molar-refractivity contribution in [1.82, 2.24) is 10.3 Å². The average molecular weight is 459 g/mol. The lowest BCUT2D eigenvalue weighted by Gasteiger charge is -2.16. The molecule has 3 aromatic rings. The van der Waals surface area contributed by atoms with E-state index >= 15 is 0 Å². The minimum Gasteiger partial charge on any atom is -0.493 e. The van der Waals surface area contributed by atoms with Gasteiger partial charge in [-0.05, 0) is 48.9 Å². The van der Waals surface area contributed by atoms with Gasteiger partial charge in [-0.1, -0.05) is 41.4 Å². The van der Waals surface area contributed by atoms with E-state index in [1.807, 2.05) is 6.92 Å². The third-order valence-electron chi connectivity index (χ3n) is 4.59. The van der Waals surface area contributed by atoms with Crippen LogP contribution in [-0.4, -0.2) is 28.6 Å². The zero-order chi connectivity index (χ0) is 22.4. The standard InChI is InChI=1S/C23H20Cl2N2O4/c1-14(15-5-7-16(8-6-15)23(29)30)27-22(28)20-12-18(25)13-26-21(20)9-10-31-19-4-2-3-17(24)11-19/h2-8,11-14H,9-10H2,1H3,(H,27,28)(H,29,30)/t14-/m0/s1. The molecule has 0 saturated heterocycles. The molecule has 0 unspecified atom stereocenters. The second kappa shape index (κ2) is 10.3. The number of carboxylic acids is 1. The molecule has 0 saturated carbocycles. The summed E-state index contributed by atoms with van der Waals surface area (Å²) in [4.78, 5) is 28.2. The lowest BCUT2D eigenvalue weighted by atomic mass is 10.0. The van der Waals surface area contributed by atoms with Crippen LogP contribution in [0.25, 0.3) is 0 Å². The quantitative estimate of drug-likeness (QED) is 0.484. The molecule has 0 aliphatic carbocycles. The van der Waals surface area contributed by atoms with Gasteiger partial charge in [-0.15, -0.1) is 0 Å². The lowest BCUT2D eigenvalue weighted by molar-refractivity contribution is 0.0696. The van der Waals surface area contributed by atoms with E-state index in [0.29, 0.717) is 40.1 Å². The van der Waals surface area contributed by atoms with Gasteiger partial charge in [0.2, 0.25) is 0 Å². The molecule has 0 aliphatic heterocycles. The number of carbonyl (C=O) groups excluding carboxylic acids is 1. The van der Waals surface area contributed by atoms with Crippen molar-refractivity contribution in [2.45, 2.75) is 19.4 Å². The maximum Gasteiger partial charge on any atom is 0.335 e. The average Bonchev–Trinajstić information content (AvgIpc) is 2.74. The number of ether oxygens (including phenoxy) is 1. The number of carbonyl (C=O) groups is 2. The van der Waals surface area contributed by atoms with Crippen LogP contribution in [0.2, 0.25) is 10.0 Å². The largest absolute Gasteiger partial charge is 0.493 e. The molecule has 0 aliphatic rings. The number of pyridine rings is 1. The number of nitrogens with zero attached hydrogens (tertiary/aromatic N) is 1. The Hall–Kier alpha value is -3.09. The Kier molecular flexibility index (Phi) is 7.50. The van der Waals surface area contributed by atoms with Crippen LogP contribution >= 0.6 is 23.2 Å². The Bertz CT molecular complexity index is 1090. The maximum atomic E-state index is 12.9. The molecule has 8 heteroatoms. The molecule has 1 atom stereocenters. The van der Waals surface area contributed by atoms with Crippen LogP contribution < -0.4 is 10.1 Å². The van der Waals surface area contributed by atoms with E-state index in [0.717, 1.165) is 5.56 Å². The molecule has 2 aromatic carbocycles. The van der Waals surface area contributed by atoms with E-state index in [1.54, 1.807) is 42.5 Å². The number of hydrogen-bond acceptors (Lipinski definition) is 4. The van der Waals surface area contributed by atoms with Crippen molar-refractivity contribution in [2.75, 3.05) is 6.61 Å². The summed E-state index contributed by atoms with van der Waals surface area (Å²) in [5.74, 6) is -0.702. The summed E-state index contributed by atoms with van der Waals surface area (Å²) < 4.78 is 5.70. The minimum absolute atomic E-state index is 0.184. The van der Waals surface area contributed by atoms with Crippen LogP contribution in [-0.2, 0) is 6.42 Å². The molecule has 160 valence electrons. The van der Waals surface area contributed by atoms with Crippen LogP contribution in [0.4, 0.5) is 0 Å². The van der Waals surface area contributed by atoms with Crippen molar-refractivity contribution in [1.29, 1.82) is 0 Å². The Labute approximate surface area is 189 Å². The van der Waals surface area contributed by atoms with Crippen LogP contribution in [0.5, 0.6) is 5.75 Å². The summed E-state index contributed by atoms with van der Waals surface area (Å²) in [7, 11) is 0. The smallest absolute Gasteiger partial charge is 0.335 e. The maximum absolute atomic E-state index is 12.9. The van der Waals surface area contributed by atoms with Crippen molar-refractivity contribution in [2.24, 2.45) is 0 Å². The number of nitrogens with one attached hydrogen (secondary N) is 1. The first kappa shape index (κ1) is 22.6. The Morgan fingerprint density at radius 3 is 2.52 bits per heavy atom. The first-order valence-electron chi connectivity index (χ1n) is 9.50. The van der Waals surface area contributed by atoms with Gasteiger partial charge < -0.3 is 15.2 Å². The second-order valence-corrected chi connectivity index (χ2v) is 7.70. The molecular formula is C23H20Cl2N2O4. The van der Waals surface area contributed by atoms with Gasteiger partial charge in [-0.3, -0.25) is 9.78 Å². The van der Waals surface area contributed by atoms with Crippen molar-refractivity contribution >= 4 is 35.1 Å². The zero-order valence-corrected chi connectivity index (χ0v) is 18.2. The number of carboxylic acid groups (broad SMARTS) is 1. The first-order chi connectivity index (χ1) is 14.8. The summed E-state index contributed by atoms with van der Waals surface area (Å²) in [5.41, 5.74) is 1.87. The normalized spacial score (nSPS) is 11.6. The number of aromatic nitrogens is 1. The van der Waals surface area contributed by atoms with Gasteiger partial charge in [0.05, 0.1) is 34.5 Å². The van der Waals surface area contributed by atoms with Crippen molar-refractivity contribution in [3.8, 4) is 5.75 Å². The molecule has 1 heterocycles. The molecule has 0 radical (unpaired) electrons. The van der Waals surface area contributed by atoms with Crippen molar-refractivity contribution in [3.63, 3.8) is 0 Å². The fraction of sp³-hybridized carbons (Fsp3) is 0.174. The van der Waals surface area contributed by atoms with Crippen LogP contribution in [0.1, 0.15) is 44.9 Å². The van der Waals surface area contributed by atoms with Crippen LogP contribution in [0, 0.1) is 0 Å². The summed E-state index contributed by atoms with van der Waals surface area (Å²) in [5, 5.41) is 12.8. The molecule has 0 spiro atoms. The minimum atomic E-state index is -1.00. The third kappa shape index (κ3) is 6.20. The predicted octanol–water partition coefficient (Wildman–Crippen LogP) is 5.20. The lowest BCUT2D eigenvalue weighted by Crippen LogP contribution is -2.28. The summed E-state index contributed by atoms with van der Waals surface area (Å²) in [6.07, 6.45) is 1.88. The monoisotopic (exact) mass is 458 g/mol. The van der Waals surface area contributed by atoms with Crippen LogP contribution in [0.3, 0.4) is 0 Å². The number of rotatable bonds is 8. The van der Waals surface area contributed by atoms with Gasteiger partial charge >= 0.3 is 5.97 Å². The Morgan fingerprint density at radius 1 is 1.10 bits per heavy atom. The van der Waals surface area contributed by atoms with Gasteiger partial charge in [0, 0.05) is 17.6 Å². The number of aromatic carboxylic acids is 1. The molecule has 3 rings (SSSR count). The highest BCUT2D eigenvalue weighted by molar-refractivity contribution is 6.31. The Balaban J connectivity index is 1.68. The van der Waals surface area contributed by atoms with E-state index < -0.39 is 5.97 Å². The molecule has 31 heavy (non-hydrogen) atoms. The van der Waals surface area contributed by atoms with Gasteiger partial charge in [-0.2, -0.15) is 0 Å². The van der Waals surface area contributed by atoms with E-state index in [9.17, 15) is 9.59 Å². The first-order valence-corrected chi connectivity index (χ1v) is 10.3. The van der Waals surface area contributed by atoms with Gasteiger partial charge in [0.15, 0.2) is 0 Å². The fourth-order valence-electron chi connectivity index (χ4n) is 2.96. The molecule has 1 amide bonds. The summed E-state index contributed by atoms with van der Waals surface area (Å²) in [6.45, 7) is 2.12. The van der Waals surface area contributed by atoms with Crippen molar-refractivity contribution < 1.29 is 19.4 Å². The molecule has 1 aromatic heterocycles. The van der Waals surface area contributed by atoms with E-state index in [1.165, 1.54) is 18.3 Å². The van der Waals surface area contributed by atoms with E-state index in [2.05, 4.69) is 10.3 Å². The highest BCUT2D eigenvalue weighted by Crippen LogP contribution is 2.20. The van der Waals surface area contributed by atoms with Gasteiger partial charge in [-0.25, -0.2) is 4.79 Å². The second-order valence-electron chi connectivity index (χ2n) is 6.83. The number of benzene rings is 2. The third-order valence-corrected chi connectivity index (χ3v) is 5.03. The zero-order valence-electron chi connectivity index (χ0n) is 16.6. The molecule has 6 nitrogen and oxygen atoms in total. The fourth-order valence-corrected chi connectivity index (χ4v) is 3.30. The molecule has 0 fully saturated rings. The van der Waals surface area contributed by atoms with Crippen LogP contribution in [0.15, 0.2) is 60.8 Å². The number of hydrogen-bond donors (Lipinski definition) is 2. The highest BCUT2D eigenvalue weighted by Gasteiger charge is 2.17. The molecule has 0 bridgehead atoms. The SMILES string of the molecule is C[C@H](NC(=O)c1cc(Cl)cnc1CCOc1cccc(Cl)c1)c1ccc(C(=O)O)cc1. The molecular weight excluding hydrogens is 439 g/mol. The van der Waals surface area contributed by atoms with Gasteiger partial charge in [0.25, 0.3) is 5.91 Å². The predicted molar refractivity (Wildman–Crippen MR) is 119 cm³/mol. The topological polar surface area (TPSA) is 88.5 Å². The Morgan fingerprint density at radius 2 is 1.84 bits per heavy atom. The highest BCUT2D eigenvalue weighted by atomic mass is 35.5. The van der Waals surface area contributed by atoms with E-state index in [4.69, 9.17) is 33.0 Å². The van der Waals surface area contributed by atoms with E-state index in [-0.39, 0.29) is 17.5 Å². The molecule has 2 N–H and O–H groups in total. The van der Waals surface area contributed by atoms with Crippen molar-refractivity contribution in [3.05, 3.63) is 93.2 Å². The summed E-state index contributed by atoms with van der Waals surface area (Å²) in [6, 6.07) is 14.6.